The fourth-order valence-electron chi connectivity index (χ4n) is 4.79. The van der Waals surface area contributed by atoms with Gasteiger partial charge in [0.25, 0.3) is 0 Å². The van der Waals surface area contributed by atoms with Gasteiger partial charge in [0.1, 0.15) is 6.23 Å². The Bertz CT molecular complexity index is 422. The van der Waals surface area contributed by atoms with Crippen LogP contribution in [0.15, 0.2) is 12.3 Å². The van der Waals surface area contributed by atoms with Crippen molar-refractivity contribution in [2.75, 3.05) is 13.1 Å². The van der Waals surface area contributed by atoms with Crippen molar-refractivity contribution in [2.45, 2.75) is 50.4 Å². The number of aliphatic hydroxyl groups is 1. The highest BCUT2D eigenvalue weighted by molar-refractivity contribution is 5.90. The van der Waals surface area contributed by atoms with Crippen LogP contribution >= 0.6 is 0 Å². The molecule has 0 amide bonds. The minimum Gasteiger partial charge on any atom is -0.378 e. The number of carbonyl (C=O) groups excluding carboxylic acids is 1. The van der Waals surface area contributed by atoms with Gasteiger partial charge in [-0.25, -0.2) is 0 Å². The Morgan fingerprint density at radius 2 is 2.16 bits per heavy atom. The molecule has 5 unspecified atom stereocenters. The predicted molar refractivity (Wildman–Crippen MR) is 71.2 cm³/mol. The van der Waals surface area contributed by atoms with Gasteiger partial charge in [-0.2, -0.15) is 0 Å². The van der Waals surface area contributed by atoms with E-state index in [4.69, 9.17) is 0 Å². The maximum absolute atomic E-state index is 11.7. The number of carbonyl (C=O) groups is 1. The van der Waals surface area contributed by atoms with Crippen LogP contribution < -0.4 is 0 Å². The first kappa shape index (κ1) is 11.9. The van der Waals surface area contributed by atoms with Crippen LogP contribution in [-0.2, 0) is 4.79 Å². The summed E-state index contributed by atoms with van der Waals surface area (Å²) in [5.74, 6) is 1.14. The molecule has 4 aliphatic rings. The molecule has 3 fully saturated rings. The lowest BCUT2D eigenvalue weighted by molar-refractivity contribution is -0.169. The van der Waals surface area contributed by atoms with Crippen molar-refractivity contribution in [3.8, 4) is 0 Å². The molecule has 0 saturated carbocycles. The molecule has 4 aliphatic heterocycles. The van der Waals surface area contributed by atoms with Gasteiger partial charge >= 0.3 is 0 Å². The summed E-state index contributed by atoms with van der Waals surface area (Å²) in [5.41, 5.74) is 0. The van der Waals surface area contributed by atoms with Crippen LogP contribution in [0.2, 0.25) is 0 Å². The Morgan fingerprint density at radius 3 is 3.05 bits per heavy atom. The van der Waals surface area contributed by atoms with Gasteiger partial charge < -0.3 is 10.0 Å². The summed E-state index contributed by atoms with van der Waals surface area (Å²) in [5, 5.41) is 10.7. The van der Waals surface area contributed by atoms with Gasteiger partial charge in [0.05, 0.1) is 0 Å². The van der Waals surface area contributed by atoms with E-state index in [1.807, 2.05) is 6.20 Å². The fraction of sp³-hybridized carbons (Fsp3) is 0.800. The molecule has 0 aromatic rings. The molecule has 0 aromatic heterocycles. The van der Waals surface area contributed by atoms with Gasteiger partial charge in [0.2, 0.25) is 0 Å². The van der Waals surface area contributed by atoms with E-state index in [-0.39, 0.29) is 24.0 Å². The summed E-state index contributed by atoms with van der Waals surface area (Å²) in [4.78, 5) is 16.3. The van der Waals surface area contributed by atoms with Crippen LogP contribution in [0.1, 0.15) is 32.1 Å². The maximum Gasteiger partial charge on any atom is 0.159 e. The predicted octanol–water partition coefficient (Wildman–Crippen LogP) is 0.966. The summed E-state index contributed by atoms with van der Waals surface area (Å²) in [7, 11) is 0. The highest BCUT2D eigenvalue weighted by Gasteiger charge is 2.50. The van der Waals surface area contributed by atoms with Gasteiger partial charge in [-0.05, 0) is 31.3 Å². The first-order valence-corrected chi connectivity index (χ1v) is 7.64. The minimum atomic E-state index is -0.339. The SMILES string of the molecule is O=C1C=CN2CC3CC(C2C1)C(O)N1CCCCC31. The second-order valence-corrected chi connectivity index (χ2v) is 6.62. The molecule has 4 heterocycles. The molecule has 0 aromatic carbocycles. The minimum absolute atomic E-state index is 0.215. The lowest BCUT2D eigenvalue weighted by Crippen LogP contribution is -2.66. The van der Waals surface area contributed by atoms with Crippen molar-refractivity contribution in [1.82, 2.24) is 9.80 Å². The van der Waals surface area contributed by atoms with Gasteiger partial charge in [0, 0.05) is 43.7 Å². The molecule has 1 N–H and O–H groups in total. The second kappa shape index (κ2) is 4.32. The molecule has 3 saturated heterocycles. The van der Waals surface area contributed by atoms with Crippen molar-refractivity contribution < 1.29 is 9.90 Å². The number of allylic oxidation sites excluding steroid dienone is 1. The van der Waals surface area contributed by atoms with Crippen molar-refractivity contribution in [3.05, 3.63) is 12.3 Å². The molecule has 4 rings (SSSR count). The largest absolute Gasteiger partial charge is 0.378 e. The molecular weight excluding hydrogens is 240 g/mol. The van der Waals surface area contributed by atoms with E-state index < -0.39 is 0 Å². The fourth-order valence-corrected chi connectivity index (χ4v) is 4.79. The van der Waals surface area contributed by atoms with E-state index in [2.05, 4.69) is 9.80 Å². The summed E-state index contributed by atoms with van der Waals surface area (Å²) < 4.78 is 0. The molecule has 104 valence electrons. The first-order valence-electron chi connectivity index (χ1n) is 7.64. The van der Waals surface area contributed by atoms with Crippen LogP contribution in [0.25, 0.3) is 0 Å². The number of fused-ring (bicyclic) bond motifs is 6. The number of nitrogens with zero attached hydrogens (tertiary/aromatic N) is 2. The van der Waals surface area contributed by atoms with Crippen LogP contribution in [0.3, 0.4) is 0 Å². The Morgan fingerprint density at radius 1 is 1.26 bits per heavy atom. The monoisotopic (exact) mass is 262 g/mol. The Hall–Kier alpha value is -0.870. The average molecular weight is 262 g/mol. The van der Waals surface area contributed by atoms with Crippen molar-refractivity contribution in [3.63, 3.8) is 0 Å². The number of ketones is 1. The van der Waals surface area contributed by atoms with Crippen molar-refractivity contribution in [2.24, 2.45) is 11.8 Å². The third kappa shape index (κ3) is 1.77. The molecule has 0 radical (unpaired) electrons. The second-order valence-electron chi connectivity index (χ2n) is 6.62. The number of hydrogen-bond acceptors (Lipinski definition) is 4. The van der Waals surface area contributed by atoms with Gasteiger partial charge in [-0.15, -0.1) is 0 Å². The zero-order valence-corrected chi connectivity index (χ0v) is 11.2. The first-order chi connectivity index (χ1) is 9.24. The van der Waals surface area contributed by atoms with Crippen LogP contribution in [0.4, 0.5) is 0 Å². The average Bonchev–Trinajstić information content (AvgIpc) is 2.45. The van der Waals surface area contributed by atoms with Crippen LogP contribution in [0, 0.1) is 11.8 Å². The lowest BCUT2D eigenvalue weighted by Gasteiger charge is -2.58. The molecule has 4 nitrogen and oxygen atoms in total. The highest BCUT2D eigenvalue weighted by Crippen LogP contribution is 2.44. The Balaban J connectivity index is 1.65. The summed E-state index contributed by atoms with van der Waals surface area (Å²) >= 11 is 0. The standard InChI is InChI=1S/C15H22N2O2/c18-11-4-6-16-9-10-7-12(14(16)8-11)15(19)17-5-2-1-3-13(10)17/h4,6,10,12-15,19H,1-3,5,7-9H2. The summed E-state index contributed by atoms with van der Waals surface area (Å²) in [6.45, 7) is 2.11. The molecule has 19 heavy (non-hydrogen) atoms. The molecule has 5 atom stereocenters. The van der Waals surface area contributed by atoms with E-state index in [0.29, 0.717) is 18.4 Å². The van der Waals surface area contributed by atoms with E-state index >= 15 is 0 Å². The zero-order valence-electron chi connectivity index (χ0n) is 11.2. The normalized spacial score (nSPS) is 45.8. The van der Waals surface area contributed by atoms with Crippen LogP contribution in [-0.4, -0.2) is 52.1 Å². The van der Waals surface area contributed by atoms with Gasteiger partial charge in [0.15, 0.2) is 5.78 Å². The van der Waals surface area contributed by atoms with E-state index in [1.165, 1.54) is 19.3 Å². The number of aliphatic hydroxyl groups excluding tert-OH is 1. The van der Waals surface area contributed by atoms with E-state index in [9.17, 15) is 9.90 Å². The maximum atomic E-state index is 11.7. The summed E-state index contributed by atoms with van der Waals surface area (Å²) in [6.07, 6.45) is 8.77. The highest BCUT2D eigenvalue weighted by atomic mass is 16.3. The summed E-state index contributed by atoms with van der Waals surface area (Å²) in [6, 6.07) is 0.790. The lowest BCUT2D eigenvalue weighted by atomic mass is 9.70. The Kier molecular flexibility index (Phi) is 2.71. The molecule has 2 bridgehead atoms. The molecule has 0 aliphatic carbocycles. The van der Waals surface area contributed by atoms with Crippen LogP contribution in [0.5, 0.6) is 0 Å². The van der Waals surface area contributed by atoms with E-state index in [1.54, 1.807) is 6.08 Å². The van der Waals surface area contributed by atoms with Gasteiger partial charge in [-0.1, -0.05) is 6.42 Å². The third-order valence-corrected chi connectivity index (χ3v) is 5.66. The molecule has 4 heteroatoms. The third-order valence-electron chi connectivity index (χ3n) is 5.66. The van der Waals surface area contributed by atoms with Crippen molar-refractivity contribution in [1.29, 1.82) is 0 Å². The van der Waals surface area contributed by atoms with E-state index in [0.717, 1.165) is 19.5 Å². The smallest absolute Gasteiger partial charge is 0.159 e. The number of piperidine rings is 3. The molecule has 0 spiro atoms. The van der Waals surface area contributed by atoms with Crippen molar-refractivity contribution >= 4 is 5.78 Å². The zero-order chi connectivity index (χ0) is 13.0. The van der Waals surface area contributed by atoms with Gasteiger partial charge in [-0.3, -0.25) is 9.69 Å². The number of hydrogen-bond donors (Lipinski definition) is 1. The topological polar surface area (TPSA) is 43.8 Å². The number of rotatable bonds is 0. The quantitative estimate of drug-likeness (QED) is 0.706. The Labute approximate surface area is 114 Å². The molecular formula is C15H22N2O2.